The standard InChI is InChI=1S/C36H60N8O13S2/c1-18(2)32(38)27(46)17-39-20(4)26(45)16-40-23(7-11-29(48)49)34(55)42-25(9-13-31(52)53)36(57)43-24(8-12-30(50)51)35(56)41-21(14-15-59-5)19(3)33(54)22(44-58)6-10-28(37)47/h18,20-25,32,39-40,44,58H,3,6-17,38H2,1-2,4-5H3,(H2,37,47)(H,41,56)(H,42,55)(H,43,57)(H,48,49)(H,50,51)(H,52,53)/t20-,21-,22-,23-,24-,25-,32-/m0/s1. The van der Waals surface area contributed by atoms with Gasteiger partial charge in [0.2, 0.25) is 23.6 Å². The number of hydrogen-bond acceptors (Lipinski definition) is 16. The summed E-state index contributed by atoms with van der Waals surface area (Å²) in [4.78, 5) is 125. The number of Topliss-reactive ketones (excluding diaryl/α,β-unsaturated/α-hetero) is 3. The molecule has 0 aromatic rings. The molecule has 0 fully saturated rings. The fourth-order valence-electron chi connectivity index (χ4n) is 5.22. The van der Waals surface area contributed by atoms with Crippen LogP contribution in [0, 0.1) is 5.92 Å². The minimum atomic E-state index is -1.66. The Balaban J connectivity index is 6.28. The van der Waals surface area contributed by atoms with Crippen molar-refractivity contribution in [3.05, 3.63) is 12.2 Å². The molecule has 0 aliphatic carbocycles. The second kappa shape index (κ2) is 28.9. The highest BCUT2D eigenvalue weighted by molar-refractivity contribution is 7.98. The first-order valence-corrected chi connectivity index (χ1v) is 20.6. The minimum absolute atomic E-state index is 0.0315. The zero-order chi connectivity index (χ0) is 45.4. The Morgan fingerprint density at radius 3 is 1.47 bits per heavy atom. The van der Waals surface area contributed by atoms with E-state index in [1.807, 2.05) is 0 Å². The van der Waals surface area contributed by atoms with Gasteiger partial charge >= 0.3 is 17.9 Å². The molecule has 4 amide bonds. The van der Waals surface area contributed by atoms with Crippen LogP contribution in [-0.2, 0) is 47.9 Å². The van der Waals surface area contributed by atoms with Gasteiger partial charge in [0.15, 0.2) is 17.3 Å². The topological polar surface area (TPSA) is 356 Å². The van der Waals surface area contributed by atoms with Crippen molar-refractivity contribution in [2.45, 2.75) is 121 Å². The number of rotatable bonds is 34. The molecule has 0 aliphatic rings. The second-order valence-corrected chi connectivity index (χ2v) is 15.3. The van der Waals surface area contributed by atoms with Crippen LogP contribution < -0.4 is 42.8 Å². The number of thiol groups is 1. The number of ketones is 3. The first-order valence-electron chi connectivity index (χ1n) is 18.8. The van der Waals surface area contributed by atoms with Gasteiger partial charge in [0.25, 0.3) is 0 Å². The number of amides is 4. The van der Waals surface area contributed by atoms with Gasteiger partial charge in [-0.2, -0.15) is 11.8 Å². The van der Waals surface area contributed by atoms with Crippen LogP contribution in [-0.4, -0.2) is 142 Å². The average molecular weight is 877 g/mol. The molecule has 13 N–H and O–H groups in total. The monoisotopic (exact) mass is 876 g/mol. The Morgan fingerprint density at radius 2 is 1.05 bits per heavy atom. The highest BCUT2D eigenvalue weighted by Gasteiger charge is 2.33. The molecule has 0 saturated heterocycles. The maximum atomic E-state index is 13.7. The minimum Gasteiger partial charge on any atom is -0.481 e. The molecule has 7 atom stereocenters. The number of primary amides is 1. The van der Waals surface area contributed by atoms with Crippen LogP contribution >= 0.6 is 24.6 Å². The number of carboxylic acid groups (broad SMARTS) is 3. The molecule has 0 spiro atoms. The molecule has 0 rings (SSSR count). The number of carboxylic acids is 3. The molecule has 0 aliphatic heterocycles. The van der Waals surface area contributed by atoms with E-state index in [9.17, 15) is 63.3 Å². The van der Waals surface area contributed by atoms with Crippen LogP contribution in [0.1, 0.15) is 78.6 Å². The van der Waals surface area contributed by atoms with Crippen molar-refractivity contribution < 1.29 is 63.3 Å². The second-order valence-electron chi connectivity index (χ2n) is 14.1. The van der Waals surface area contributed by atoms with Crippen molar-refractivity contribution >= 4 is 83.5 Å². The lowest BCUT2D eigenvalue weighted by molar-refractivity contribution is -0.140. The van der Waals surface area contributed by atoms with Crippen LogP contribution in [0.3, 0.4) is 0 Å². The fraction of sp³-hybridized carbons (Fsp3) is 0.667. The molecule has 21 nitrogen and oxygen atoms in total. The van der Waals surface area contributed by atoms with Crippen LogP contribution in [0.4, 0.5) is 0 Å². The Bertz CT molecular complexity index is 1520. The number of hydrogen-bond donors (Lipinski definition) is 12. The molecule has 0 heterocycles. The van der Waals surface area contributed by atoms with Crippen LogP contribution in [0.25, 0.3) is 0 Å². The lowest BCUT2D eigenvalue weighted by Crippen LogP contribution is -2.58. The molecule has 0 unspecified atom stereocenters. The third-order valence-corrected chi connectivity index (χ3v) is 9.97. The average Bonchev–Trinajstić information content (AvgIpc) is 3.16. The SMILES string of the molecule is C=C(C(=O)[C@H](CCC(N)=O)NS)[C@H](CCSC)NC(=O)[C@H](CCC(=O)O)NC(=O)[C@H](CCC(=O)O)NC(=O)[C@H](CCC(=O)O)NCC(=O)[C@H](C)NCC(=O)[C@@H](N)C(C)C. The third kappa shape index (κ3) is 22.5. The van der Waals surface area contributed by atoms with E-state index in [0.717, 1.165) is 0 Å². The van der Waals surface area contributed by atoms with Gasteiger partial charge in [-0.1, -0.05) is 33.2 Å². The zero-order valence-electron chi connectivity index (χ0n) is 33.7. The predicted octanol–water partition coefficient (Wildman–Crippen LogP) is -1.96. The van der Waals surface area contributed by atoms with E-state index in [2.05, 4.69) is 50.7 Å². The fourth-order valence-corrected chi connectivity index (χ4v) is 5.94. The molecule has 0 radical (unpaired) electrons. The first kappa shape index (κ1) is 54.6. The van der Waals surface area contributed by atoms with Crippen LogP contribution in [0.5, 0.6) is 0 Å². The molecule has 334 valence electrons. The summed E-state index contributed by atoms with van der Waals surface area (Å²) in [7, 11) is 0. The highest BCUT2D eigenvalue weighted by atomic mass is 32.2. The Hall–Kier alpha value is -4.42. The highest BCUT2D eigenvalue weighted by Crippen LogP contribution is 2.15. The van der Waals surface area contributed by atoms with Gasteiger partial charge in [-0.25, -0.2) is 0 Å². The molecule has 23 heteroatoms. The van der Waals surface area contributed by atoms with E-state index in [1.165, 1.54) is 18.7 Å². The van der Waals surface area contributed by atoms with Crippen LogP contribution in [0.15, 0.2) is 12.2 Å². The van der Waals surface area contributed by atoms with Gasteiger partial charge in [-0.3, -0.25) is 58.0 Å². The summed E-state index contributed by atoms with van der Waals surface area (Å²) in [5, 5.41) is 40.8. The third-order valence-electron chi connectivity index (χ3n) is 9.02. The lowest BCUT2D eigenvalue weighted by atomic mass is 9.94. The summed E-state index contributed by atoms with van der Waals surface area (Å²) >= 11 is 5.33. The van der Waals surface area contributed by atoms with Crippen molar-refractivity contribution in [3.63, 3.8) is 0 Å². The van der Waals surface area contributed by atoms with E-state index < -0.39 is 134 Å². The van der Waals surface area contributed by atoms with Crippen molar-refractivity contribution in [2.75, 3.05) is 25.1 Å². The maximum absolute atomic E-state index is 13.7. The number of thioether (sulfide) groups is 1. The van der Waals surface area contributed by atoms with Gasteiger partial charge in [0.05, 0.1) is 43.3 Å². The Kier molecular flexibility index (Phi) is 26.7. The summed E-state index contributed by atoms with van der Waals surface area (Å²) in [6.07, 6.45) is -1.48. The van der Waals surface area contributed by atoms with E-state index >= 15 is 0 Å². The largest absolute Gasteiger partial charge is 0.481 e. The van der Waals surface area contributed by atoms with Crippen LogP contribution in [0.2, 0.25) is 0 Å². The van der Waals surface area contributed by atoms with Crippen molar-refractivity contribution in [2.24, 2.45) is 17.4 Å². The number of carbonyl (C=O) groups excluding carboxylic acids is 7. The lowest BCUT2D eigenvalue weighted by Gasteiger charge is -2.27. The number of nitrogens with one attached hydrogen (secondary N) is 6. The molecule has 0 aromatic heterocycles. The molecular weight excluding hydrogens is 817 g/mol. The predicted molar refractivity (Wildman–Crippen MR) is 220 cm³/mol. The molecule has 59 heavy (non-hydrogen) atoms. The van der Waals surface area contributed by atoms with Gasteiger partial charge in [0.1, 0.15) is 12.1 Å². The number of aliphatic carboxylic acids is 3. The molecule has 0 aromatic carbocycles. The summed E-state index contributed by atoms with van der Waals surface area (Å²) < 4.78 is 2.48. The van der Waals surface area contributed by atoms with Gasteiger partial charge in [-0.05, 0) is 57.0 Å². The van der Waals surface area contributed by atoms with E-state index in [1.54, 1.807) is 20.1 Å². The molecular formula is C36H60N8O13S2. The van der Waals surface area contributed by atoms with Crippen molar-refractivity contribution in [1.29, 1.82) is 0 Å². The Morgan fingerprint density at radius 1 is 0.627 bits per heavy atom. The van der Waals surface area contributed by atoms with E-state index in [4.69, 9.17) is 11.5 Å². The van der Waals surface area contributed by atoms with Gasteiger partial charge < -0.3 is 48.1 Å². The molecule has 0 bridgehead atoms. The van der Waals surface area contributed by atoms with Crippen molar-refractivity contribution in [3.8, 4) is 0 Å². The smallest absolute Gasteiger partial charge is 0.303 e. The van der Waals surface area contributed by atoms with E-state index in [-0.39, 0.29) is 49.5 Å². The number of carbonyl (C=O) groups is 10. The van der Waals surface area contributed by atoms with Crippen molar-refractivity contribution in [1.82, 2.24) is 31.3 Å². The molecule has 0 saturated carbocycles. The summed E-state index contributed by atoms with van der Waals surface area (Å²) in [6.45, 7) is 8.12. The zero-order valence-corrected chi connectivity index (χ0v) is 35.5. The maximum Gasteiger partial charge on any atom is 0.303 e. The summed E-state index contributed by atoms with van der Waals surface area (Å²) in [6, 6.07) is -8.34. The van der Waals surface area contributed by atoms with E-state index in [0.29, 0.717) is 5.75 Å². The first-order chi connectivity index (χ1) is 27.5. The summed E-state index contributed by atoms with van der Waals surface area (Å²) in [5.74, 6) is -8.85. The Labute approximate surface area is 352 Å². The van der Waals surface area contributed by atoms with Gasteiger partial charge in [0, 0.05) is 31.3 Å². The summed E-state index contributed by atoms with van der Waals surface area (Å²) in [5.41, 5.74) is 11.0. The number of nitrogens with two attached hydrogens (primary N) is 2. The normalized spacial score (nSPS) is 14.7. The quantitative estimate of drug-likeness (QED) is 0.0247. The van der Waals surface area contributed by atoms with Gasteiger partial charge in [-0.15, -0.1) is 0 Å².